The Morgan fingerprint density at radius 1 is 1.22 bits per heavy atom. The first-order valence-corrected chi connectivity index (χ1v) is 5.58. The topological polar surface area (TPSA) is 55.8 Å². The SMILES string of the molecule is COC(=O)CN(COC(C)=O)Cc1ccccc1. The molecule has 0 N–H and O–H groups in total. The van der Waals surface area contributed by atoms with E-state index >= 15 is 0 Å². The molecule has 5 heteroatoms. The van der Waals surface area contributed by atoms with Gasteiger partial charge in [-0.25, -0.2) is 0 Å². The minimum Gasteiger partial charge on any atom is -0.468 e. The largest absolute Gasteiger partial charge is 0.468 e. The summed E-state index contributed by atoms with van der Waals surface area (Å²) >= 11 is 0. The highest BCUT2D eigenvalue weighted by Crippen LogP contribution is 2.04. The van der Waals surface area contributed by atoms with Crippen LogP contribution in [0.15, 0.2) is 30.3 Å². The van der Waals surface area contributed by atoms with Gasteiger partial charge in [-0.3, -0.25) is 14.5 Å². The number of carbonyl (C=O) groups excluding carboxylic acids is 2. The molecule has 0 bridgehead atoms. The van der Waals surface area contributed by atoms with Gasteiger partial charge in [0.25, 0.3) is 0 Å². The van der Waals surface area contributed by atoms with Gasteiger partial charge < -0.3 is 9.47 Å². The van der Waals surface area contributed by atoms with Crippen molar-refractivity contribution in [2.75, 3.05) is 20.4 Å². The summed E-state index contributed by atoms with van der Waals surface area (Å²) < 4.78 is 9.50. The van der Waals surface area contributed by atoms with E-state index in [-0.39, 0.29) is 25.2 Å². The molecule has 0 atom stereocenters. The van der Waals surface area contributed by atoms with E-state index in [1.165, 1.54) is 14.0 Å². The summed E-state index contributed by atoms with van der Waals surface area (Å²) in [6.45, 7) is 2.00. The van der Waals surface area contributed by atoms with Crippen molar-refractivity contribution in [3.63, 3.8) is 0 Å². The Bertz CT molecular complexity index is 391. The monoisotopic (exact) mass is 251 g/mol. The van der Waals surface area contributed by atoms with Crippen LogP contribution in [0.3, 0.4) is 0 Å². The zero-order chi connectivity index (χ0) is 13.4. The maximum Gasteiger partial charge on any atom is 0.319 e. The molecule has 5 nitrogen and oxygen atoms in total. The average molecular weight is 251 g/mol. The van der Waals surface area contributed by atoms with Crippen molar-refractivity contribution in [2.24, 2.45) is 0 Å². The van der Waals surface area contributed by atoms with Gasteiger partial charge in [-0.2, -0.15) is 0 Å². The van der Waals surface area contributed by atoms with E-state index in [2.05, 4.69) is 4.74 Å². The molecule has 1 rings (SSSR count). The molecule has 0 saturated heterocycles. The van der Waals surface area contributed by atoms with Gasteiger partial charge in [-0.05, 0) is 5.56 Å². The van der Waals surface area contributed by atoms with Crippen LogP contribution in [0.5, 0.6) is 0 Å². The maximum atomic E-state index is 11.3. The molecule has 1 aromatic carbocycles. The van der Waals surface area contributed by atoms with Crippen LogP contribution in [0.4, 0.5) is 0 Å². The predicted molar refractivity (Wildman–Crippen MR) is 65.5 cm³/mol. The van der Waals surface area contributed by atoms with Crippen LogP contribution in [0, 0.1) is 0 Å². The van der Waals surface area contributed by atoms with Crippen molar-refractivity contribution in [3.8, 4) is 0 Å². The molecule has 0 aromatic heterocycles. The zero-order valence-corrected chi connectivity index (χ0v) is 10.6. The number of ether oxygens (including phenoxy) is 2. The van der Waals surface area contributed by atoms with Crippen molar-refractivity contribution in [3.05, 3.63) is 35.9 Å². The normalized spacial score (nSPS) is 10.2. The summed E-state index contributed by atoms with van der Waals surface area (Å²) in [7, 11) is 1.33. The van der Waals surface area contributed by atoms with E-state index in [1.807, 2.05) is 30.3 Å². The number of methoxy groups -OCH3 is 1. The fourth-order valence-electron chi connectivity index (χ4n) is 1.42. The average Bonchev–Trinajstić information content (AvgIpc) is 2.37. The van der Waals surface area contributed by atoms with E-state index < -0.39 is 0 Å². The van der Waals surface area contributed by atoms with Gasteiger partial charge >= 0.3 is 11.9 Å². The summed E-state index contributed by atoms with van der Waals surface area (Å²) in [5.41, 5.74) is 1.04. The molecule has 98 valence electrons. The lowest BCUT2D eigenvalue weighted by Gasteiger charge is -2.20. The van der Waals surface area contributed by atoms with Crippen LogP contribution in [-0.2, 0) is 25.6 Å². The van der Waals surface area contributed by atoms with Crippen LogP contribution in [0.1, 0.15) is 12.5 Å². The Morgan fingerprint density at radius 2 is 1.89 bits per heavy atom. The van der Waals surface area contributed by atoms with Crippen molar-refractivity contribution in [1.82, 2.24) is 4.90 Å². The second-order valence-electron chi connectivity index (χ2n) is 3.81. The van der Waals surface area contributed by atoms with Gasteiger partial charge in [-0.15, -0.1) is 0 Å². The summed E-state index contributed by atoms with van der Waals surface area (Å²) in [6, 6.07) is 9.63. The minimum atomic E-state index is -0.377. The van der Waals surface area contributed by atoms with E-state index in [1.54, 1.807) is 4.90 Å². The predicted octanol–water partition coefficient (Wildman–Crippen LogP) is 1.18. The second-order valence-corrected chi connectivity index (χ2v) is 3.81. The zero-order valence-electron chi connectivity index (χ0n) is 10.6. The van der Waals surface area contributed by atoms with Crippen LogP contribution < -0.4 is 0 Å². The van der Waals surface area contributed by atoms with Gasteiger partial charge in [-0.1, -0.05) is 30.3 Å². The highest BCUT2D eigenvalue weighted by molar-refractivity contribution is 5.71. The number of nitrogens with zero attached hydrogens (tertiary/aromatic N) is 1. The second kappa shape index (κ2) is 7.45. The van der Waals surface area contributed by atoms with Crippen LogP contribution in [0.25, 0.3) is 0 Å². The number of carbonyl (C=O) groups is 2. The molecule has 0 amide bonds. The summed E-state index contributed by atoms with van der Waals surface area (Å²) in [6.07, 6.45) is 0. The van der Waals surface area contributed by atoms with Crippen molar-refractivity contribution in [1.29, 1.82) is 0 Å². The Balaban J connectivity index is 2.58. The first-order valence-electron chi connectivity index (χ1n) is 5.58. The van der Waals surface area contributed by atoms with E-state index in [0.29, 0.717) is 6.54 Å². The molecule has 0 saturated carbocycles. The van der Waals surface area contributed by atoms with Gasteiger partial charge in [0.2, 0.25) is 0 Å². The Labute approximate surface area is 106 Å². The Hall–Kier alpha value is -1.88. The summed E-state index contributed by atoms with van der Waals surface area (Å²) in [4.78, 5) is 23.7. The fraction of sp³-hybridized carbons (Fsp3) is 0.385. The third-order valence-electron chi connectivity index (χ3n) is 2.28. The van der Waals surface area contributed by atoms with Crippen molar-refractivity contribution in [2.45, 2.75) is 13.5 Å². The van der Waals surface area contributed by atoms with Gasteiger partial charge in [0.15, 0.2) is 0 Å². The third kappa shape index (κ3) is 5.45. The quantitative estimate of drug-likeness (QED) is 0.561. The standard InChI is InChI=1S/C13H17NO4/c1-11(15)18-10-14(9-13(16)17-2)8-12-6-4-3-5-7-12/h3-7H,8-10H2,1-2H3. The maximum absolute atomic E-state index is 11.3. The first-order chi connectivity index (χ1) is 8.61. The molecule has 0 spiro atoms. The smallest absolute Gasteiger partial charge is 0.319 e. The molecule has 0 aliphatic rings. The first kappa shape index (κ1) is 14.2. The van der Waals surface area contributed by atoms with Gasteiger partial charge in [0, 0.05) is 13.5 Å². The van der Waals surface area contributed by atoms with Crippen LogP contribution >= 0.6 is 0 Å². The highest BCUT2D eigenvalue weighted by Gasteiger charge is 2.12. The molecule has 0 unspecified atom stereocenters. The molecule has 0 heterocycles. The molecule has 0 fully saturated rings. The number of benzene rings is 1. The van der Waals surface area contributed by atoms with Crippen LogP contribution in [0.2, 0.25) is 0 Å². The molecule has 0 aliphatic heterocycles. The summed E-state index contributed by atoms with van der Waals surface area (Å²) in [5.74, 6) is -0.740. The van der Waals surface area contributed by atoms with E-state index in [0.717, 1.165) is 5.56 Å². The Morgan fingerprint density at radius 3 is 2.44 bits per heavy atom. The lowest BCUT2D eigenvalue weighted by Crippen LogP contribution is -2.33. The number of hydrogen-bond donors (Lipinski definition) is 0. The van der Waals surface area contributed by atoms with Crippen molar-refractivity contribution >= 4 is 11.9 Å². The minimum absolute atomic E-state index is 0.0688. The molecule has 0 radical (unpaired) electrons. The fourth-order valence-corrected chi connectivity index (χ4v) is 1.42. The highest BCUT2D eigenvalue weighted by atomic mass is 16.5. The molecule has 18 heavy (non-hydrogen) atoms. The van der Waals surface area contributed by atoms with Gasteiger partial charge in [0.05, 0.1) is 13.7 Å². The van der Waals surface area contributed by atoms with E-state index in [9.17, 15) is 9.59 Å². The molecule has 1 aromatic rings. The lowest BCUT2D eigenvalue weighted by molar-refractivity contribution is -0.151. The Kier molecular flexibility index (Phi) is 5.87. The number of esters is 2. The molecular formula is C13H17NO4. The third-order valence-corrected chi connectivity index (χ3v) is 2.28. The number of hydrogen-bond acceptors (Lipinski definition) is 5. The molecular weight excluding hydrogens is 234 g/mol. The van der Waals surface area contributed by atoms with E-state index in [4.69, 9.17) is 4.74 Å². The summed E-state index contributed by atoms with van der Waals surface area (Å²) in [5, 5.41) is 0. The molecule has 0 aliphatic carbocycles. The van der Waals surface area contributed by atoms with Gasteiger partial charge in [0.1, 0.15) is 6.73 Å². The van der Waals surface area contributed by atoms with Crippen LogP contribution in [-0.4, -0.2) is 37.2 Å². The van der Waals surface area contributed by atoms with Crippen molar-refractivity contribution < 1.29 is 19.1 Å². The lowest BCUT2D eigenvalue weighted by atomic mass is 10.2. The number of rotatable bonds is 6.